The topological polar surface area (TPSA) is 108 Å². The first kappa shape index (κ1) is 22.9. The zero-order chi connectivity index (χ0) is 22.5. The van der Waals surface area contributed by atoms with Crippen LogP contribution in [0.15, 0.2) is 59.7 Å². The molecule has 0 saturated heterocycles. The summed E-state index contributed by atoms with van der Waals surface area (Å²) in [6.45, 7) is 5.19. The van der Waals surface area contributed by atoms with E-state index in [1.54, 1.807) is 51.1 Å². The predicted octanol–water partition coefficient (Wildman–Crippen LogP) is 3.82. The molecule has 0 aliphatic heterocycles. The minimum absolute atomic E-state index is 0.108. The number of nitrogens with zero attached hydrogens (tertiary/aromatic N) is 1. The maximum atomic E-state index is 12.3. The molecule has 1 atom stereocenters. The molecule has 0 spiro atoms. The summed E-state index contributed by atoms with van der Waals surface area (Å²) in [4.78, 5) is 23.1. The fourth-order valence-electron chi connectivity index (χ4n) is 3.39. The number of benzene rings is 1. The number of aliphatic carboxylic acids is 1. The van der Waals surface area contributed by atoms with Gasteiger partial charge in [0.1, 0.15) is 17.4 Å². The molecule has 1 aromatic carbocycles. The first-order valence-electron chi connectivity index (χ1n) is 9.36. The molecule has 1 aromatic rings. The summed E-state index contributed by atoms with van der Waals surface area (Å²) < 4.78 is 5.14. The monoisotopic (exact) mass is 407 g/mol. The summed E-state index contributed by atoms with van der Waals surface area (Å²) >= 11 is 0. The molecule has 0 fully saturated rings. The second kappa shape index (κ2) is 8.93. The highest BCUT2D eigenvalue weighted by Gasteiger charge is 2.47. The van der Waals surface area contributed by atoms with Gasteiger partial charge in [-0.1, -0.05) is 38.1 Å². The molecule has 0 unspecified atom stereocenters. The Bertz CT molecular complexity index is 1020. The molecule has 2 N–H and O–H groups in total. The van der Waals surface area contributed by atoms with Crippen LogP contribution in [0.1, 0.15) is 38.3 Å². The molecule has 1 aliphatic carbocycles. The molecule has 0 amide bonds. The molecule has 30 heavy (non-hydrogen) atoms. The Kier molecular flexibility index (Phi) is 6.81. The van der Waals surface area contributed by atoms with Gasteiger partial charge in [-0.2, -0.15) is 5.26 Å². The summed E-state index contributed by atoms with van der Waals surface area (Å²) in [6.07, 6.45) is 9.00. The number of aliphatic hydroxyl groups is 1. The second-order valence-corrected chi connectivity index (χ2v) is 7.86. The largest absolute Gasteiger partial charge is 0.495 e. The lowest BCUT2D eigenvalue weighted by atomic mass is 9.64. The van der Waals surface area contributed by atoms with Gasteiger partial charge in [-0.15, -0.1) is 0 Å². The molecule has 0 saturated carbocycles. The Balaban J connectivity index is 2.48. The number of ether oxygens (including phenoxy) is 1. The number of carboxylic acid groups (broad SMARTS) is 1. The third-order valence-corrected chi connectivity index (χ3v) is 5.14. The first-order chi connectivity index (χ1) is 14.0. The number of methoxy groups -OCH3 is 1. The Hall–Kier alpha value is -3.43. The van der Waals surface area contributed by atoms with Crippen LogP contribution in [0, 0.1) is 16.7 Å². The van der Waals surface area contributed by atoms with Gasteiger partial charge in [0.2, 0.25) is 0 Å². The van der Waals surface area contributed by atoms with Crippen LogP contribution in [0.4, 0.5) is 0 Å². The van der Waals surface area contributed by atoms with Crippen molar-refractivity contribution in [2.45, 2.75) is 32.8 Å². The number of allylic oxidation sites excluding steroid dienone is 3. The van der Waals surface area contributed by atoms with Gasteiger partial charge in [-0.05, 0) is 47.9 Å². The van der Waals surface area contributed by atoms with Crippen molar-refractivity contribution in [3.8, 4) is 11.8 Å². The van der Waals surface area contributed by atoms with E-state index in [1.807, 2.05) is 0 Å². The lowest BCUT2D eigenvalue weighted by Gasteiger charge is -2.44. The molecule has 0 heterocycles. The number of carboxylic acids is 1. The SMILES string of the molecule is COc1ccc(/C=C/C2=CC(=O)CC(C)(C)[C@@]2(O)/C=C/C(C)=C\C(=O)O)cc1C#N. The Morgan fingerprint density at radius 1 is 1.30 bits per heavy atom. The molecule has 0 bridgehead atoms. The number of nitriles is 1. The van der Waals surface area contributed by atoms with Crippen molar-refractivity contribution >= 4 is 17.8 Å². The fourth-order valence-corrected chi connectivity index (χ4v) is 3.39. The van der Waals surface area contributed by atoms with Gasteiger partial charge in [0.05, 0.1) is 12.7 Å². The molecular formula is C24H25NO5. The summed E-state index contributed by atoms with van der Waals surface area (Å²) in [5.41, 5.74) is -0.375. The number of ketones is 1. The van der Waals surface area contributed by atoms with Gasteiger partial charge < -0.3 is 14.9 Å². The van der Waals surface area contributed by atoms with E-state index in [0.29, 0.717) is 28.0 Å². The lowest BCUT2D eigenvalue weighted by Crippen LogP contribution is -2.48. The molecule has 1 aliphatic rings. The number of hydrogen-bond donors (Lipinski definition) is 2. The average molecular weight is 407 g/mol. The van der Waals surface area contributed by atoms with Crippen LogP contribution in [0.25, 0.3) is 6.08 Å². The highest BCUT2D eigenvalue weighted by molar-refractivity contribution is 5.94. The van der Waals surface area contributed by atoms with Gasteiger partial charge in [0, 0.05) is 17.9 Å². The van der Waals surface area contributed by atoms with E-state index < -0.39 is 17.0 Å². The molecule has 0 aromatic heterocycles. The molecular weight excluding hydrogens is 382 g/mol. The van der Waals surface area contributed by atoms with Crippen molar-refractivity contribution in [2.75, 3.05) is 7.11 Å². The van der Waals surface area contributed by atoms with E-state index in [9.17, 15) is 20.0 Å². The van der Waals surface area contributed by atoms with Gasteiger partial charge in [-0.25, -0.2) is 4.79 Å². The summed E-state index contributed by atoms with van der Waals surface area (Å²) in [7, 11) is 1.49. The number of carbonyl (C=O) groups excluding carboxylic acids is 1. The van der Waals surface area contributed by atoms with Crippen LogP contribution in [0.3, 0.4) is 0 Å². The standard InChI is InChI=1S/C24H25NO5/c1-16(11-22(27)28)9-10-24(29)19(13-20(26)14-23(24,2)3)7-5-17-6-8-21(30-4)18(12-17)15-25/h5-13,29H,14H2,1-4H3,(H,27,28)/b7-5+,10-9+,16-11-/t24-/m1/s1. The van der Waals surface area contributed by atoms with E-state index in [0.717, 1.165) is 6.08 Å². The van der Waals surface area contributed by atoms with Crippen molar-refractivity contribution in [3.63, 3.8) is 0 Å². The molecule has 156 valence electrons. The summed E-state index contributed by atoms with van der Waals surface area (Å²) in [5, 5.41) is 29.7. The maximum Gasteiger partial charge on any atom is 0.328 e. The number of carbonyl (C=O) groups is 2. The van der Waals surface area contributed by atoms with Crippen LogP contribution in [0.2, 0.25) is 0 Å². The lowest BCUT2D eigenvalue weighted by molar-refractivity contribution is -0.131. The van der Waals surface area contributed by atoms with E-state index in [4.69, 9.17) is 9.84 Å². The minimum Gasteiger partial charge on any atom is -0.495 e. The molecule has 2 rings (SSSR count). The smallest absolute Gasteiger partial charge is 0.328 e. The highest BCUT2D eigenvalue weighted by atomic mass is 16.5. The van der Waals surface area contributed by atoms with Crippen LogP contribution < -0.4 is 4.74 Å². The maximum absolute atomic E-state index is 12.3. The van der Waals surface area contributed by atoms with E-state index in [-0.39, 0.29) is 12.2 Å². The molecule has 6 heteroatoms. The van der Waals surface area contributed by atoms with Crippen molar-refractivity contribution in [1.82, 2.24) is 0 Å². The Labute approximate surface area is 176 Å². The van der Waals surface area contributed by atoms with Gasteiger partial charge in [0.15, 0.2) is 5.78 Å². The normalized spacial score (nSPS) is 21.5. The summed E-state index contributed by atoms with van der Waals surface area (Å²) in [5.74, 6) is -0.725. The molecule has 6 nitrogen and oxygen atoms in total. The van der Waals surface area contributed by atoms with Crippen molar-refractivity contribution in [2.24, 2.45) is 5.41 Å². The van der Waals surface area contributed by atoms with Crippen LogP contribution >= 0.6 is 0 Å². The van der Waals surface area contributed by atoms with E-state index in [2.05, 4.69) is 6.07 Å². The van der Waals surface area contributed by atoms with E-state index in [1.165, 1.54) is 25.3 Å². The Morgan fingerprint density at radius 2 is 2.00 bits per heavy atom. The van der Waals surface area contributed by atoms with Crippen molar-refractivity contribution in [1.29, 1.82) is 5.26 Å². The van der Waals surface area contributed by atoms with Gasteiger partial charge in [-0.3, -0.25) is 4.79 Å². The molecule has 0 radical (unpaired) electrons. The number of hydrogen-bond acceptors (Lipinski definition) is 5. The highest BCUT2D eigenvalue weighted by Crippen LogP contribution is 2.45. The van der Waals surface area contributed by atoms with Gasteiger partial charge in [0.25, 0.3) is 0 Å². The first-order valence-corrected chi connectivity index (χ1v) is 9.36. The van der Waals surface area contributed by atoms with Gasteiger partial charge >= 0.3 is 5.97 Å². The minimum atomic E-state index is -1.49. The Morgan fingerprint density at radius 3 is 2.60 bits per heavy atom. The quantitative estimate of drug-likeness (QED) is 0.548. The third-order valence-electron chi connectivity index (χ3n) is 5.14. The van der Waals surface area contributed by atoms with Crippen LogP contribution in [-0.4, -0.2) is 34.7 Å². The zero-order valence-electron chi connectivity index (χ0n) is 17.5. The number of rotatable bonds is 6. The van der Waals surface area contributed by atoms with Crippen LogP contribution in [-0.2, 0) is 9.59 Å². The third kappa shape index (κ3) is 4.94. The zero-order valence-corrected chi connectivity index (χ0v) is 17.5. The van der Waals surface area contributed by atoms with Crippen molar-refractivity contribution in [3.05, 3.63) is 70.9 Å². The van der Waals surface area contributed by atoms with E-state index >= 15 is 0 Å². The van der Waals surface area contributed by atoms with Crippen LogP contribution in [0.5, 0.6) is 5.75 Å². The fraction of sp³-hybridized carbons (Fsp3) is 0.292. The second-order valence-electron chi connectivity index (χ2n) is 7.86. The predicted molar refractivity (Wildman–Crippen MR) is 114 cm³/mol. The average Bonchev–Trinajstić information content (AvgIpc) is 2.67. The summed E-state index contributed by atoms with van der Waals surface area (Å²) in [6, 6.07) is 7.16. The van der Waals surface area contributed by atoms with Crippen molar-refractivity contribution < 1.29 is 24.5 Å².